The summed E-state index contributed by atoms with van der Waals surface area (Å²) in [6.07, 6.45) is -1.40. The van der Waals surface area contributed by atoms with Crippen molar-refractivity contribution < 1.29 is 32.2 Å². The van der Waals surface area contributed by atoms with Gasteiger partial charge in [-0.05, 0) is 63.4 Å². The van der Waals surface area contributed by atoms with Crippen molar-refractivity contribution in [1.29, 1.82) is 0 Å². The number of ketones is 1. The fraction of sp³-hybridized carbons (Fsp3) is 0.405. The van der Waals surface area contributed by atoms with Gasteiger partial charge in [0.1, 0.15) is 23.4 Å². The number of alkyl halides is 1. The van der Waals surface area contributed by atoms with E-state index in [1.54, 1.807) is 25.7 Å². The Bertz CT molecular complexity index is 1740. The van der Waals surface area contributed by atoms with Gasteiger partial charge >= 0.3 is 6.09 Å². The van der Waals surface area contributed by atoms with Gasteiger partial charge in [-0.15, -0.1) is 0 Å². The van der Waals surface area contributed by atoms with Crippen LogP contribution >= 0.6 is 0 Å². The summed E-state index contributed by atoms with van der Waals surface area (Å²) < 4.78 is 58.9. The zero-order chi connectivity index (χ0) is 33.5. The second kappa shape index (κ2) is 13.2. The maximum Gasteiger partial charge on any atom is 0.410 e. The van der Waals surface area contributed by atoms with Crippen LogP contribution in [0, 0.1) is 17.6 Å². The summed E-state index contributed by atoms with van der Waals surface area (Å²) in [5, 5.41) is 0.953. The molecule has 0 aliphatic carbocycles. The van der Waals surface area contributed by atoms with Crippen LogP contribution in [0.25, 0.3) is 10.9 Å². The number of aromatic amines is 1. The average molecular weight is 648 g/mol. The summed E-state index contributed by atoms with van der Waals surface area (Å²) in [6, 6.07) is 18.0. The highest BCUT2D eigenvalue weighted by Gasteiger charge is 2.42. The summed E-state index contributed by atoms with van der Waals surface area (Å²) in [4.78, 5) is 32.1. The number of nitrogens with zero attached hydrogens (tertiary/aromatic N) is 2. The smallest absolute Gasteiger partial charge is 0.410 e. The Hall–Kier alpha value is -4.15. The van der Waals surface area contributed by atoms with Crippen LogP contribution in [0.3, 0.4) is 0 Å². The Kier molecular flexibility index (Phi) is 9.18. The number of rotatable bonds is 9. The predicted molar refractivity (Wildman–Crippen MR) is 173 cm³/mol. The van der Waals surface area contributed by atoms with E-state index in [4.69, 9.17) is 9.47 Å². The molecule has 4 aromatic rings. The highest BCUT2D eigenvalue weighted by molar-refractivity contribution is 5.99. The average Bonchev–Trinajstić information content (AvgIpc) is 3.35. The van der Waals surface area contributed by atoms with E-state index in [-0.39, 0.29) is 50.0 Å². The lowest BCUT2D eigenvalue weighted by atomic mass is 9.86. The maximum absolute atomic E-state index is 16.2. The molecule has 10 heteroatoms. The molecule has 3 aromatic carbocycles. The number of hydrogen-bond acceptors (Lipinski definition) is 5. The highest BCUT2D eigenvalue weighted by Crippen LogP contribution is 2.43. The number of benzene rings is 3. The third-order valence-corrected chi connectivity index (χ3v) is 8.88. The van der Waals surface area contributed by atoms with Crippen LogP contribution in [0.5, 0.6) is 0 Å². The third-order valence-electron chi connectivity index (χ3n) is 8.88. The van der Waals surface area contributed by atoms with Crippen molar-refractivity contribution in [1.82, 2.24) is 14.8 Å². The quantitative estimate of drug-likeness (QED) is 0.192. The predicted octanol–water partition coefficient (Wildman–Crippen LogP) is 7.39. The number of aromatic nitrogens is 1. The summed E-state index contributed by atoms with van der Waals surface area (Å²) >= 11 is 0. The molecule has 47 heavy (non-hydrogen) atoms. The molecular weight excluding hydrogens is 607 g/mol. The topological polar surface area (TPSA) is 74.9 Å². The number of carbonyl (C=O) groups excluding carboxylic acids is 2. The first-order valence-corrected chi connectivity index (χ1v) is 16.0. The number of Topliss-reactive ketones (excluding diaryl/α,β-unsaturated/α-hetero) is 1. The molecule has 3 atom stereocenters. The van der Waals surface area contributed by atoms with E-state index in [1.807, 2.05) is 61.5 Å². The first kappa shape index (κ1) is 32.8. The van der Waals surface area contributed by atoms with Crippen LogP contribution < -0.4 is 0 Å². The molecule has 0 spiro atoms. The first-order valence-electron chi connectivity index (χ1n) is 16.0. The second-order valence-electron chi connectivity index (χ2n) is 13.6. The van der Waals surface area contributed by atoms with Gasteiger partial charge in [-0.2, -0.15) is 0 Å². The van der Waals surface area contributed by atoms with E-state index in [1.165, 1.54) is 4.90 Å². The lowest BCUT2D eigenvalue weighted by Crippen LogP contribution is -2.54. The molecule has 7 nitrogen and oxygen atoms in total. The minimum Gasteiger partial charge on any atom is -0.444 e. The van der Waals surface area contributed by atoms with E-state index in [0.29, 0.717) is 12.1 Å². The van der Waals surface area contributed by atoms with E-state index in [0.717, 1.165) is 34.2 Å². The van der Waals surface area contributed by atoms with Gasteiger partial charge in [0.15, 0.2) is 5.78 Å². The SMILES string of the molecule is C[C@@H]1Cc2c([nH]c3ccccc23)[C@@H](c2c(F)cc(C(=O)C3CN(C(=O)OC(C)(C)C)C3)cc2F)N1C[C@@H](F)COCc1ccccc1. The molecule has 6 rings (SSSR count). The van der Waals surface area contributed by atoms with Crippen molar-refractivity contribution >= 4 is 22.8 Å². The van der Waals surface area contributed by atoms with Gasteiger partial charge in [-0.1, -0.05) is 48.5 Å². The first-order chi connectivity index (χ1) is 22.4. The Balaban J connectivity index is 1.26. The van der Waals surface area contributed by atoms with Crippen LogP contribution in [0.4, 0.5) is 18.0 Å². The van der Waals surface area contributed by atoms with Crippen molar-refractivity contribution in [3.8, 4) is 0 Å². The molecule has 1 aromatic heterocycles. The number of nitrogens with one attached hydrogen (secondary N) is 1. The molecule has 1 amide bonds. The minimum absolute atomic E-state index is 0.106. The molecule has 248 valence electrons. The molecule has 1 N–H and O–H groups in total. The monoisotopic (exact) mass is 647 g/mol. The van der Waals surface area contributed by atoms with Crippen LogP contribution in [0.1, 0.15) is 66.5 Å². The number of amides is 1. The number of halogens is 3. The molecular formula is C37H40F3N3O4. The third kappa shape index (κ3) is 6.94. The number of para-hydroxylation sites is 1. The molecule has 1 saturated heterocycles. The molecule has 0 saturated carbocycles. The molecule has 0 unspecified atom stereocenters. The highest BCUT2D eigenvalue weighted by atomic mass is 19.1. The van der Waals surface area contributed by atoms with Gasteiger partial charge in [-0.25, -0.2) is 18.0 Å². The Labute approximate surface area is 272 Å². The number of carbonyl (C=O) groups is 2. The summed E-state index contributed by atoms with van der Waals surface area (Å²) in [6.45, 7) is 7.35. The molecule has 2 aliphatic heterocycles. The summed E-state index contributed by atoms with van der Waals surface area (Å²) in [5.41, 5.74) is 2.24. The van der Waals surface area contributed by atoms with E-state index in [9.17, 15) is 9.59 Å². The van der Waals surface area contributed by atoms with Crippen molar-refractivity contribution in [2.24, 2.45) is 5.92 Å². The maximum atomic E-state index is 16.2. The van der Waals surface area contributed by atoms with E-state index < -0.39 is 47.2 Å². The van der Waals surface area contributed by atoms with Gasteiger partial charge in [0.2, 0.25) is 0 Å². The van der Waals surface area contributed by atoms with Crippen molar-refractivity contribution in [3.63, 3.8) is 0 Å². The molecule has 0 bridgehead atoms. The van der Waals surface area contributed by atoms with Gasteiger partial charge in [0.05, 0.1) is 25.2 Å². The normalized spacial score (nSPS) is 19.3. The Morgan fingerprint density at radius 2 is 1.66 bits per heavy atom. The van der Waals surface area contributed by atoms with Crippen molar-refractivity contribution in [2.75, 3.05) is 26.2 Å². The van der Waals surface area contributed by atoms with Crippen molar-refractivity contribution in [2.45, 2.75) is 64.6 Å². The Morgan fingerprint density at radius 1 is 1.00 bits per heavy atom. The number of fused-ring (bicyclic) bond motifs is 3. The van der Waals surface area contributed by atoms with Gasteiger partial charge in [0, 0.05) is 53.4 Å². The number of H-pyrrole nitrogens is 1. The molecule has 1 fully saturated rings. The number of hydrogen-bond donors (Lipinski definition) is 1. The van der Waals surface area contributed by atoms with Crippen LogP contribution in [0.2, 0.25) is 0 Å². The van der Waals surface area contributed by atoms with Gasteiger partial charge in [-0.3, -0.25) is 9.69 Å². The van der Waals surface area contributed by atoms with Crippen molar-refractivity contribution in [3.05, 3.63) is 106 Å². The largest absolute Gasteiger partial charge is 0.444 e. The zero-order valence-electron chi connectivity index (χ0n) is 27.1. The van der Waals surface area contributed by atoms with E-state index in [2.05, 4.69) is 4.98 Å². The minimum atomic E-state index is -1.42. The lowest BCUT2D eigenvalue weighted by Gasteiger charge is -2.42. The van der Waals surface area contributed by atoms with Gasteiger partial charge < -0.3 is 19.4 Å². The van der Waals surface area contributed by atoms with Crippen LogP contribution in [-0.2, 0) is 22.5 Å². The summed E-state index contributed by atoms with van der Waals surface area (Å²) in [7, 11) is 0. The van der Waals surface area contributed by atoms with Crippen LogP contribution in [0.15, 0.2) is 66.7 Å². The fourth-order valence-electron chi connectivity index (χ4n) is 6.61. The molecule has 2 aliphatic rings. The fourth-order valence-corrected chi connectivity index (χ4v) is 6.61. The summed E-state index contributed by atoms with van der Waals surface area (Å²) in [5.74, 6) is -2.82. The van der Waals surface area contributed by atoms with Crippen LogP contribution in [-0.4, -0.2) is 70.7 Å². The standard InChI is InChI=1S/C37H40F3N3O4/c1-22-14-28-27-12-8-9-13-31(27)41-33(28)34(43(22)19-26(38)21-46-20-23-10-6-5-7-11-23)32-29(39)15-24(16-30(32)40)35(44)25-17-42(18-25)36(45)47-37(2,3)4/h5-13,15-16,22,25-26,34,41H,14,17-21H2,1-4H3/t22-,26-,34-/m1/s1. The molecule has 0 radical (unpaired) electrons. The van der Waals surface area contributed by atoms with Gasteiger partial charge in [0.25, 0.3) is 0 Å². The zero-order valence-corrected chi connectivity index (χ0v) is 27.1. The number of ether oxygens (including phenoxy) is 2. The molecule has 3 heterocycles. The number of likely N-dealkylation sites (tertiary alicyclic amines) is 1. The van der Waals surface area contributed by atoms with E-state index >= 15 is 13.2 Å². The Morgan fingerprint density at radius 3 is 2.34 bits per heavy atom. The lowest BCUT2D eigenvalue weighted by molar-refractivity contribution is 0.00146. The second-order valence-corrected chi connectivity index (χ2v) is 13.6.